The van der Waals surface area contributed by atoms with E-state index in [1.54, 1.807) is 0 Å². The van der Waals surface area contributed by atoms with Crippen LogP contribution in [0.25, 0.3) is 0 Å². The molecule has 108 valence electrons. The maximum Gasteiger partial charge on any atom is 0.000439 e. The number of likely N-dealkylation sites (tertiary alicyclic amines) is 1. The van der Waals surface area contributed by atoms with Gasteiger partial charge < -0.3 is 4.90 Å². The van der Waals surface area contributed by atoms with Gasteiger partial charge in [0.25, 0.3) is 0 Å². The second-order valence-electron chi connectivity index (χ2n) is 7.55. The monoisotopic (exact) mass is 253 g/mol. The molecule has 1 aliphatic rings. The molecule has 0 aromatic rings. The molecule has 1 rings (SSSR count). The quantitative estimate of drug-likeness (QED) is 0.620. The molecule has 0 aromatic heterocycles. The molecule has 1 fully saturated rings. The van der Waals surface area contributed by atoms with Gasteiger partial charge in [0, 0.05) is 6.54 Å². The number of piperidine rings is 1. The first-order valence-corrected chi connectivity index (χ1v) is 8.15. The van der Waals surface area contributed by atoms with Crippen LogP contribution in [0.4, 0.5) is 0 Å². The van der Waals surface area contributed by atoms with Crippen molar-refractivity contribution in [2.24, 2.45) is 17.3 Å². The van der Waals surface area contributed by atoms with Gasteiger partial charge in [-0.3, -0.25) is 0 Å². The van der Waals surface area contributed by atoms with Crippen molar-refractivity contribution in [2.75, 3.05) is 19.6 Å². The molecule has 18 heavy (non-hydrogen) atoms. The van der Waals surface area contributed by atoms with E-state index in [1.807, 2.05) is 0 Å². The highest BCUT2D eigenvalue weighted by molar-refractivity contribution is 4.74. The second kappa shape index (κ2) is 7.53. The van der Waals surface area contributed by atoms with E-state index in [2.05, 4.69) is 39.5 Å². The predicted octanol–water partition coefficient (Wildman–Crippen LogP) is 4.96. The van der Waals surface area contributed by atoms with E-state index in [-0.39, 0.29) is 0 Å². The summed E-state index contributed by atoms with van der Waals surface area (Å²) in [6, 6.07) is 0. The lowest BCUT2D eigenvalue weighted by molar-refractivity contribution is 0.158. The topological polar surface area (TPSA) is 3.24 Å². The van der Waals surface area contributed by atoms with E-state index in [9.17, 15) is 0 Å². The van der Waals surface area contributed by atoms with Crippen LogP contribution in [-0.2, 0) is 0 Å². The molecular formula is C17H35N. The van der Waals surface area contributed by atoms with E-state index in [0.717, 1.165) is 11.8 Å². The average Bonchev–Trinajstić information content (AvgIpc) is 2.30. The molecule has 1 aliphatic heterocycles. The number of hydrogen-bond donors (Lipinski definition) is 0. The summed E-state index contributed by atoms with van der Waals surface area (Å²) < 4.78 is 0. The van der Waals surface area contributed by atoms with Crippen molar-refractivity contribution in [1.82, 2.24) is 4.90 Å². The molecule has 0 amide bonds. The molecule has 0 spiro atoms. The molecule has 0 N–H and O–H groups in total. The molecule has 1 heterocycles. The van der Waals surface area contributed by atoms with Crippen LogP contribution in [0.3, 0.4) is 0 Å². The number of hydrogen-bond acceptors (Lipinski definition) is 1. The van der Waals surface area contributed by atoms with Crippen molar-refractivity contribution in [2.45, 2.75) is 73.1 Å². The lowest BCUT2D eigenvalue weighted by atomic mass is 9.82. The lowest BCUT2D eigenvalue weighted by Gasteiger charge is -2.33. The van der Waals surface area contributed by atoms with Crippen LogP contribution in [0.1, 0.15) is 73.1 Å². The van der Waals surface area contributed by atoms with Crippen LogP contribution >= 0.6 is 0 Å². The Morgan fingerprint density at radius 1 is 1.17 bits per heavy atom. The molecule has 0 aromatic carbocycles. The van der Waals surface area contributed by atoms with Crippen molar-refractivity contribution in [1.29, 1.82) is 0 Å². The Hall–Kier alpha value is -0.0400. The minimum absolute atomic E-state index is 0.568. The fourth-order valence-corrected chi connectivity index (χ4v) is 3.02. The summed E-state index contributed by atoms with van der Waals surface area (Å²) in [5.41, 5.74) is 0.568. The molecule has 0 bridgehead atoms. The van der Waals surface area contributed by atoms with Gasteiger partial charge in [0.2, 0.25) is 0 Å². The van der Waals surface area contributed by atoms with Crippen molar-refractivity contribution in [3.8, 4) is 0 Å². The summed E-state index contributed by atoms with van der Waals surface area (Å²) in [6.45, 7) is 15.8. The summed E-state index contributed by atoms with van der Waals surface area (Å²) in [7, 11) is 0. The third kappa shape index (κ3) is 6.22. The molecule has 0 saturated carbocycles. The van der Waals surface area contributed by atoms with Crippen molar-refractivity contribution in [3.63, 3.8) is 0 Å². The van der Waals surface area contributed by atoms with Gasteiger partial charge in [-0.15, -0.1) is 0 Å². The minimum Gasteiger partial charge on any atom is -0.303 e. The van der Waals surface area contributed by atoms with Gasteiger partial charge >= 0.3 is 0 Å². The second-order valence-corrected chi connectivity index (χ2v) is 7.55. The molecule has 1 nitrogen and oxygen atoms in total. The highest BCUT2D eigenvalue weighted by Gasteiger charge is 2.20. The van der Waals surface area contributed by atoms with Crippen LogP contribution < -0.4 is 0 Å². The Morgan fingerprint density at radius 3 is 2.28 bits per heavy atom. The van der Waals surface area contributed by atoms with Crippen molar-refractivity contribution >= 4 is 0 Å². The Labute approximate surface area is 115 Å². The van der Waals surface area contributed by atoms with Crippen molar-refractivity contribution in [3.05, 3.63) is 0 Å². The first-order valence-electron chi connectivity index (χ1n) is 8.15. The highest BCUT2D eigenvalue weighted by atomic mass is 15.1. The Kier molecular flexibility index (Phi) is 6.70. The maximum absolute atomic E-state index is 2.66. The molecule has 1 heteroatoms. The van der Waals surface area contributed by atoms with Gasteiger partial charge in [-0.2, -0.15) is 0 Å². The summed E-state index contributed by atoms with van der Waals surface area (Å²) in [6.07, 6.45) is 8.53. The summed E-state index contributed by atoms with van der Waals surface area (Å²) in [4.78, 5) is 2.66. The normalized spacial score (nSPS) is 19.7. The zero-order valence-electron chi connectivity index (χ0n) is 13.5. The van der Waals surface area contributed by atoms with Crippen LogP contribution in [0.15, 0.2) is 0 Å². The summed E-state index contributed by atoms with van der Waals surface area (Å²) in [5, 5.41) is 0. The number of rotatable bonds is 7. The van der Waals surface area contributed by atoms with Gasteiger partial charge in [0.05, 0.1) is 0 Å². The molecule has 1 saturated heterocycles. The highest BCUT2D eigenvalue weighted by Crippen LogP contribution is 2.30. The molecule has 0 radical (unpaired) electrons. The largest absolute Gasteiger partial charge is 0.303 e. The van der Waals surface area contributed by atoms with Gasteiger partial charge in [0.1, 0.15) is 0 Å². The molecular weight excluding hydrogens is 218 g/mol. The third-order valence-corrected chi connectivity index (χ3v) is 4.75. The van der Waals surface area contributed by atoms with Crippen LogP contribution in [-0.4, -0.2) is 24.5 Å². The van der Waals surface area contributed by atoms with Crippen LogP contribution in [0.2, 0.25) is 0 Å². The lowest BCUT2D eigenvalue weighted by Crippen LogP contribution is -2.36. The minimum atomic E-state index is 0.568. The smallest absolute Gasteiger partial charge is 0.000439 e. The molecule has 0 atom stereocenters. The van der Waals surface area contributed by atoms with Gasteiger partial charge in [-0.1, -0.05) is 53.9 Å². The van der Waals surface area contributed by atoms with Gasteiger partial charge in [-0.25, -0.2) is 0 Å². The first-order chi connectivity index (χ1) is 8.43. The third-order valence-electron chi connectivity index (χ3n) is 4.75. The Bertz CT molecular complexity index is 212. The number of nitrogens with zero attached hydrogens (tertiary/aromatic N) is 1. The maximum atomic E-state index is 2.66. The van der Waals surface area contributed by atoms with Crippen molar-refractivity contribution < 1.29 is 0 Å². The van der Waals surface area contributed by atoms with Crippen LogP contribution in [0.5, 0.6) is 0 Å². The van der Waals surface area contributed by atoms with E-state index in [1.165, 1.54) is 58.2 Å². The van der Waals surface area contributed by atoms with Gasteiger partial charge in [-0.05, 0) is 49.6 Å². The first kappa shape index (κ1) is 16.0. The predicted molar refractivity (Wildman–Crippen MR) is 81.9 cm³/mol. The van der Waals surface area contributed by atoms with E-state index < -0.39 is 0 Å². The SMILES string of the molecule is CCC(C)(C)CCCC1CCN(CC(C)C)CC1. The van der Waals surface area contributed by atoms with E-state index in [4.69, 9.17) is 0 Å². The van der Waals surface area contributed by atoms with Gasteiger partial charge in [0.15, 0.2) is 0 Å². The average molecular weight is 253 g/mol. The fourth-order valence-electron chi connectivity index (χ4n) is 3.02. The fraction of sp³-hybridized carbons (Fsp3) is 1.00. The summed E-state index contributed by atoms with van der Waals surface area (Å²) >= 11 is 0. The zero-order chi connectivity index (χ0) is 13.6. The Balaban J connectivity index is 2.12. The van der Waals surface area contributed by atoms with Crippen LogP contribution in [0, 0.1) is 17.3 Å². The van der Waals surface area contributed by atoms with E-state index in [0.29, 0.717) is 5.41 Å². The molecule has 0 unspecified atom stereocenters. The Morgan fingerprint density at radius 2 is 1.78 bits per heavy atom. The zero-order valence-corrected chi connectivity index (χ0v) is 13.5. The van der Waals surface area contributed by atoms with E-state index >= 15 is 0 Å². The summed E-state index contributed by atoms with van der Waals surface area (Å²) in [5.74, 6) is 1.84. The molecule has 0 aliphatic carbocycles. The standard InChI is InChI=1S/C17H35N/c1-6-17(4,5)11-7-8-16-9-12-18(13-10-16)14-15(2)3/h15-16H,6-14H2,1-5H3.